The predicted molar refractivity (Wildman–Crippen MR) is 75.2 cm³/mol. The number of hydrogen-bond acceptors (Lipinski definition) is 3. The van der Waals surface area contributed by atoms with Crippen LogP contribution in [0, 0.1) is 16.7 Å². The number of anilines is 2. The second-order valence-corrected chi connectivity index (χ2v) is 6.00. The van der Waals surface area contributed by atoms with E-state index in [0.717, 1.165) is 11.4 Å². The van der Waals surface area contributed by atoms with E-state index in [2.05, 4.69) is 25.2 Å². The molecule has 3 heteroatoms. The first kappa shape index (κ1) is 12.8. The Bertz CT molecular complexity index is 461. The number of hydrogen-bond donors (Lipinski definition) is 2. The Hall–Kier alpha value is -1.69. The van der Waals surface area contributed by atoms with Crippen molar-refractivity contribution in [3.63, 3.8) is 0 Å². The van der Waals surface area contributed by atoms with Gasteiger partial charge < -0.3 is 11.1 Å². The van der Waals surface area contributed by atoms with Crippen molar-refractivity contribution in [1.29, 1.82) is 5.26 Å². The molecule has 3 N–H and O–H groups in total. The van der Waals surface area contributed by atoms with Crippen molar-refractivity contribution >= 4 is 11.4 Å². The maximum absolute atomic E-state index is 8.91. The number of nitrogens with one attached hydrogen (secondary N) is 1. The molecule has 1 aliphatic rings. The van der Waals surface area contributed by atoms with Crippen LogP contribution in [0.5, 0.6) is 0 Å². The van der Waals surface area contributed by atoms with Crippen molar-refractivity contribution in [2.75, 3.05) is 11.1 Å². The van der Waals surface area contributed by atoms with Gasteiger partial charge in [0.2, 0.25) is 0 Å². The molecule has 1 aromatic rings. The van der Waals surface area contributed by atoms with E-state index in [1.165, 1.54) is 25.7 Å². The number of nitrogens with zero attached hydrogens (tertiary/aromatic N) is 1. The lowest BCUT2D eigenvalue weighted by Gasteiger charge is -2.35. The molecule has 18 heavy (non-hydrogen) atoms. The third kappa shape index (κ3) is 2.95. The van der Waals surface area contributed by atoms with E-state index in [-0.39, 0.29) is 0 Å². The van der Waals surface area contributed by atoms with E-state index in [1.54, 1.807) is 12.1 Å². The van der Waals surface area contributed by atoms with Gasteiger partial charge in [-0.3, -0.25) is 0 Å². The average Bonchev–Trinajstić information content (AvgIpc) is 2.34. The van der Waals surface area contributed by atoms with Crippen LogP contribution in [-0.4, -0.2) is 6.04 Å². The summed E-state index contributed by atoms with van der Waals surface area (Å²) in [6.07, 6.45) is 4.82. The Morgan fingerprint density at radius 3 is 2.61 bits per heavy atom. The number of nitrogen functional groups attached to an aromatic ring is 1. The van der Waals surface area contributed by atoms with Crippen LogP contribution in [0.4, 0.5) is 11.4 Å². The van der Waals surface area contributed by atoms with Gasteiger partial charge in [-0.2, -0.15) is 5.26 Å². The van der Waals surface area contributed by atoms with Gasteiger partial charge in [0, 0.05) is 6.04 Å². The van der Waals surface area contributed by atoms with Gasteiger partial charge in [0.05, 0.1) is 23.0 Å². The Kier molecular flexibility index (Phi) is 3.47. The molecular weight excluding hydrogens is 222 g/mol. The predicted octanol–water partition coefficient (Wildman–Crippen LogP) is 3.52. The molecule has 0 unspecified atom stereocenters. The molecule has 0 saturated heterocycles. The SMILES string of the molecule is CC1(C)CCC(Nc2cc(C#N)ccc2N)CC1. The second kappa shape index (κ2) is 4.89. The standard InChI is InChI=1S/C15H21N3/c1-15(2)7-5-12(6-8-15)18-14-9-11(10-16)3-4-13(14)17/h3-4,9,12,18H,5-8,17H2,1-2H3. The van der Waals surface area contributed by atoms with Gasteiger partial charge in [0.25, 0.3) is 0 Å². The monoisotopic (exact) mass is 243 g/mol. The lowest BCUT2D eigenvalue weighted by molar-refractivity contribution is 0.232. The topological polar surface area (TPSA) is 61.8 Å². The molecule has 0 bridgehead atoms. The Labute approximate surface area is 109 Å². The van der Waals surface area contributed by atoms with Crippen molar-refractivity contribution in [2.24, 2.45) is 5.41 Å². The summed E-state index contributed by atoms with van der Waals surface area (Å²) in [5, 5.41) is 12.4. The molecule has 2 rings (SSSR count). The summed E-state index contributed by atoms with van der Waals surface area (Å²) in [5.41, 5.74) is 8.69. The highest BCUT2D eigenvalue weighted by atomic mass is 14.9. The van der Waals surface area contributed by atoms with Crippen LogP contribution in [0.15, 0.2) is 18.2 Å². The summed E-state index contributed by atoms with van der Waals surface area (Å²) in [5.74, 6) is 0. The smallest absolute Gasteiger partial charge is 0.0992 e. The molecule has 0 aromatic heterocycles. The minimum atomic E-state index is 0.470. The van der Waals surface area contributed by atoms with E-state index in [9.17, 15) is 0 Å². The van der Waals surface area contributed by atoms with Crippen LogP contribution in [-0.2, 0) is 0 Å². The zero-order valence-electron chi connectivity index (χ0n) is 11.2. The normalized spacial score (nSPS) is 19.2. The van der Waals surface area contributed by atoms with Crippen molar-refractivity contribution in [2.45, 2.75) is 45.6 Å². The van der Waals surface area contributed by atoms with Gasteiger partial charge in [-0.1, -0.05) is 13.8 Å². The van der Waals surface area contributed by atoms with Crippen molar-refractivity contribution < 1.29 is 0 Å². The third-order valence-electron chi connectivity index (χ3n) is 3.88. The van der Waals surface area contributed by atoms with Gasteiger partial charge in [0.15, 0.2) is 0 Å². The summed E-state index contributed by atoms with van der Waals surface area (Å²) in [6.45, 7) is 4.65. The molecule has 0 spiro atoms. The van der Waals surface area contributed by atoms with Crippen LogP contribution < -0.4 is 11.1 Å². The van der Waals surface area contributed by atoms with Crippen molar-refractivity contribution in [3.05, 3.63) is 23.8 Å². The first-order valence-electron chi connectivity index (χ1n) is 6.56. The minimum absolute atomic E-state index is 0.470. The maximum Gasteiger partial charge on any atom is 0.0992 e. The number of nitriles is 1. The van der Waals surface area contributed by atoms with Crippen molar-refractivity contribution in [3.8, 4) is 6.07 Å². The van der Waals surface area contributed by atoms with Gasteiger partial charge in [-0.05, 0) is 49.3 Å². The summed E-state index contributed by atoms with van der Waals surface area (Å²) in [7, 11) is 0. The molecule has 1 aliphatic carbocycles. The minimum Gasteiger partial charge on any atom is -0.397 e. The van der Waals surface area contributed by atoms with E-state index < -0.39 is 0 Å². The second-order valence-electron chi connectivity index (χ2n) is 6.00. The molecule has 0 aliphatic heterocycles. The van der Waals surface area contributed by atoms with Gasteiger partial charge >= 0.3 is 0 Å². The molecule has 0 amide bonds. The van der Waals surface area contributed by atoms with Crippen LogP contribution in [0.1, 0.15) is 45.1 Å². The summed E-state index contributed by atoms with van der Waals surface area (Å²) in [6, 6.07) is 8.03. The van der Waals surface area contributed by atoms with Crippen LogP contribution in [0.2, 0.25) is 0 Å². The molecule has 0 atom stereocenters. The Morgan fingerprint density at radius 1 is 1.33 bits per heavy atom. The third-order valence-corrected chi connectivity index (χ3v) is 3.88. The zero-order chi connectivity index (χ0) is 13.2. The van der Waals surface area contributed by atoms with Gasteiger partial charge in [-0.15, -0.1) is 0 Å². The first-order chi connectivity index (χ1) is 8.50. The van der Waals surface area contributed by atoms with Gasteiger partial charge in [-0.25, -0.2) is 0 Å². The largest absolute Gasteiger partial charge is 0.397 e. The lowest BCUT2D eigenvalue weighted by atomic mass is 9.75. The van der Waals surface area contributed by atoms with Crippen LogP contribution in [0.25, 0.3) is 0 Å². The van der Waals surface area contributed by atoms with E-state index in [0.29, 0.717) is 17.0 Å². The lowest BCUT2D eigenvalue weighted by Crippen LogP contribution is -2.30. The summed E-state index contributed by atoms with van der Waals surface area (Å²) < 4.78 is 0. The summed E-state index contributed by atoms with van der Waals surface area (Å²) >= 11 is 0. The van der Waals surface area contributed by atoms with Crippen LogP contribution in [0.3, 0.4) is 0 Å². The highest BCUT2D eigenvalue weighted by Crippen LogP contribution is 2.36. The Balaban J connectivity index is 2.04. The molecule has 0 heterocycles. The summed E-state index contributed by atoms with van der Waals surface area (Å²) in [4.78, 5) is 0. The molecule has 1 aromatic carbocycles. The quantitative estimate of drug-likeness (QED) is 0.781. The molecule has 3 nitrogen and oxygen atoms in total. The molecule has 0 radical (unpaired) electrons. The zero-order valence-corrected chi connectivity index (χ0v) is 11.2. The fourth-order valence-corrected chi connectivity index (χ4v) is 2.51. The average molecular weight is 243 g/mol. The molecule has 1 fully saturated rings. The van der Waals surface area contributed by atoms with E-state index in [1.807, 2.05) is 6.07 Å². The Morgan fingerprint density at radius 2 is 2.00 bits per heavy atom. The highest BCUT2D eigenvalue weighted by Gasteiger charge is 2.26. The molecular formula is C15H21N3. The number of benzene rings is 1. The highest BCUT2D eigenvalue weighted by molar-refractivity contribution is 5.68. The fourth-order valence-electron chi connectivity index (χ4n) is 2.51. The fraction of sp³-hybridized carbons (Fsp3) is 0.533. The first-order valence-corrected chi connectivity index (χ1v) is 6.56. The molecule has 96 valence electrons. The number of nitrogens with two attached hydrogens (primary N) is 1. The van der Waals surface area contributed by atoms with E-state index >= 15 is 0 Å². The van der Waals surface area contributed by atoms with Gasteiger partial charge in [0.1, 0.15) is 0 Å². The van der Waals surface area contributed by atoms with Crippen molar-refractivity contribution in [1.82, 2.24) is 0 Å². The maximum atomic E-state index is 8.91. The van der Waals surface area contributed by atoms with E-state index in [4.69, 9.17) is 11.0 Å². The molecule has 1 saturated carbocycles. The van der Waals surface area contributed by atoms with Crippen LogP contribution >= 0.6 is 0 Å². The number of rotatable bonds is 2.